The van der Waals surface area contributed by atoms with Crippen LogP contribution < -0.4 is 15.8 Å². The molecule has 0 radical (unpaired) electrons. The van der Waals surface area contributed by atoms with Crippen LogP contribution in [-0.2, 0) is 9.53 Å². The molecule has 1 saturated heterocycles. The van der Waals surface area contributed by atoms with Crippen LogP contribution >= 0.6 is 0 Å². The zero-order chi connectivity index (χ0) is 28.7. The first-order valence-corrected chi connectivity index (χ1v) is 12.4. The van der Waals surface area contributed by atoms with Gasteiger partial charge in [-0.3, -0.25) is 9.59 Å². The van der Waals surface area contributed by atoms with E-state index in [1.165, 1.54) is 37.5 Å². The summed E-state index contributed by atoms with van der Waals surface area (Å²) < 4.78 is 24.0. The summed E-state index contributed by atoms with van der Waals surface area (Å²) in [5, 5.41) is 11.1. The summed E-state index contributed by atoms with van der Waals surface area (Å²) in [6, 6.07) is 8.71. The van der Waals surface area contributed by atoms with Crippen molar-refractivity contribution in [2.24, 2.45) is 0 Å². The number of piperazine rings is 1. The Hall–Kier alpha value is -4.41. The number of methoxy groups -OCH3 is 1. The highest BCUT2D eigenvalue weighted by Crippen LogP contribution is 2.30. The van der Waals surface area contributed by atoms with Crippen molar-refractivity contribution < 1.29 is 28.2 Å². The Kier molecular flexibility index (Phi) is 9.29. The molecule has 3 rings (SSSR count). The summed E-state index contributed by atoms with van der Waals surface area (Å²) in [5.74, 6) is -1.13. The van der Waals surface area contributed by atoms with Gasteiger partial charge in [0, 0.05) is 31.9 Å². The summed E-state index contributed by atoms with van der Waals surface area (Å²) in [5.41, 5.74) is 6.74. The number of hydrogen-bond acceptors (Lipinski definition) is 7. The van der Waals surface area contributed by atoms with E-state index in [0.717, 1.165) is 0 Å². The molecule has 2 aromatic rings. The van der Waals surface area contributed by atoms with Crippen LogP contribution in [0.3, 0.4) is 0 Å². The Morgan fingerprint density at radius 3 is 2.26 bits per heavy atom. The van der Waals surface area contributed by atoms with Gasteiger partial charge in [0.1, 0.15) is 17.2 Å². The standard InChI is InChI=1S/C28H34FN5O5/c1-28(2,3)39-27(37)34-15-13-33(14-16-34)23(35)17-32-26(36)20-10-12-22(31)24(25(20)38-4)21(30)11-7-18-5-8-19(29)9-6-18/h5-12,30H,13-17,31H2,1-4H3,(H,32,36)/b11-7+,30-21?. The minimum atomic E-state index is -0.602. The quantitative estimate of drug-likeness (QED) is 0.365. The number of hydrogen-bond donors (Lipinski definition) is 3. The first-order valence-electron chi connectivity index (χ1n) is 12.4. The van der Waals surface area contributed by atoms with Gasteiger partial charge in [-0.1, -0.05) is 18.2 Å². The lowest BCUT2D eigenvalue weighted by Crippen LogP contribution is -2.53. The molecule has 11 heteroatoms. The number of carbonyl (C=O) groups excluding carboxylic acids is 3. The van der Waals surface area contributed by atoms with Crippen LogP contribution in [0.4, 0.5) is 14.9 Å². The predicted molar refractivity (Wildman–Crippen MR) is 146 cm³/mol. The fourth-order valence-corrected chi connectivity index (χ4v) is 3.93. The second-order valence-electron chi connectivity index (χ2n) is 9.94. The van der Waals surface area contributed by atoms with Gasteiger partial charge in [-0.2, -0.15) is 0 Å². The van der Waals surface area contributed by atoms with Crippen LogP contribution in [0.15, 0.2) is 42.5 Å². The van der Waals surface area contributed by atoms with Crippen molar-refractivity contribution in [3.63, 3.8) is 0 Å². The number of nitrogens with one attached hydrogen (secondary N) is 2. The van der Waals surface area contributed by atoms with Gasteiger partial charge in [0.25, 0.3) is 5.91 Å². The molecule has 0 aromatic heterocycles. The molecule has 10 nitrogen and oxygen atoms in total. The third-order valence-electron chi connectivity index (χ3n) is 5.90. The average Bonchev–Trinajstić information content (AvgIpc) is 2.89. The monoisotopic (exact) mass is 539 g/mol. The molecule has 39 heavy (non-hydrogen) atoms. The second-order valence-corrected chi connectivity index (χ2v) is 9.94. The molecule has 3 amide bonds. The van der Waals surface area contributed by atoms with Crippen LogP contribution in [-0.4, -0.2) is 78.9 Å². The number of allylic oxidation sites excluding steroid dienone is 1. The summed E-state index contributed by atoms with van der Waals surface area (Å²) in [4.78, 5) is 41.1. The van der Waals surface area contributed by atoms with E-state index in [2.05, 4.69) is 5.32 Å². The maximum absolute atomic E-state index is 13.2. The lowest BCUT2D eigenvalue weighted by Gasteiger charge is -2.35. The fraction of sp³-hybridized carbons (Fsp3) is 0.357. The highest BCUT2D eigenvalue weighted by molar-refractivity contribution is 6.16. The molecule has 208 valence electrons. The van der Waals surface area contributed by atoms with Crippen LogP contribution in [0.5, 0.6) is 5.75 Å². The highest BCUT2D eigenvalue weighted by atomic mass is 19.1. The van der Waals surface area contributed by atoms with Crippen LogP contribution in [0.25, 0.3) is 6.08 Å². The van der Waals surface area contributed by atoms with E-state index in [-0.39, 0.29) is 46.5 Å². The number of halogens is 1. The van der Waals surface area contributed by atoms with Gasteiger partial charge < -0.3 is 35.7 Å². The van der Waals surface area contributed by atoms with Gasteiger partial charge >= 0.3 is 6.09 Å². The van der Waals surface area contributed by atoms with Gasteiger partial charge in [0.15, 0.2) is 0 Å². The van der Waals surface area contributed by atoms with Gasteiger partial charge in [-0.25, -0.2) is 9.18 Å². The number of carbonyl (C=O) groups is 3. The maximum Gasteiger partial charge on any atom is 0.410 e. The molecular weight excluding hydrogens is 505 g/mol. The SMILES string of the molecule is COc1c(C(=O)NCC(=O)N2CCN(C(=O)OC(C)(C)C)CC2)ccc(N)c1C(=N)/C=C/c1ccc(F)cc1. The number of rotatable bonds is 7. The predicted octanol–water partition coefficient (Wildman–Crippen LogP) is 3.31. The molecule has 1 aliphatic rings. The minimum Gasteiger partial charge on any atom is -0.495 e. The Bertz CT molecular complexity index is 1260. The molecule has 1 heterocycles. The highest BCUT2D eigenvalue weighted by Gasteiger charge is 2.28. The van der Waals surface area contributed by atoms with E-state index in [4.69, 9.17) is 20.6 Å². The van der Waals surface area contributed by atoms with Crippen molar-refractivity contribution in [3.8, 4) is 5.75 Å². The van der Waals surface area contributed by atoms with Gasteiger partial charge in [0.05, 0.1) is 30.5 Å². The van der Waals surface area contributed by atoms with Gasteiger partial charge in [0.2, 0.25) is 5.91 Å². The largest absolute Gasteiger partial charge is 0.495 e. The summed E-state index contributed by atoms with van der Waals surface area (Å²) >= 11 is 0. The zero-order valence-corrected chi connectivity index (χ0v) is 22.5. The van der Waals surface area contributed by atoms with E-state index in [0.29, 0.717) is 31.7 Å². The van der Waals surface area contributed by atoms with Crippen molar-refractivity contribution in [1.82, 2.24) is 15.1 Å². The Labute approximate surface area is 227 Å². The van der Waals surface area contributed by atoms with E-state index < -0.39 is 17.6 Å². The molecule has 0 spiro atoms. The third-order valence-corrected chi connectivity index (χ3v) is 5.90. The normalized spacial score (nSPS) is 13.8. The Morgan fingerprint density at radius 1 is 1.05 bits per heavy atom. The summed E-state index contributed by atoms with van der Waals surface area (Å²) in [6.45, 7) is 6.42. The van der Waals surface area contributed by atoms with Crippen molar-refractivity contribution in [2.45, 2.75) is 26.4 Å². The first kappa shape index (κ1) is 29.2. The molecule has 0 bridgehead atoms. The number of amides is 3. The first-order chi connectivity index (χ1) is 18.4. The Morgan fingerprint density at radius 2 is 1.67 bits per heavy atom. The van der Waals surface area contributed by atoms with Crippen molar-refractivity contribution in [2.75, 3.05) is 45.6 Å². The van der Waals surface area contributed by atoms with Crippen molar-refractivity contribution >= 4 is 35.4 Å². The molecule has 1 fully saturated rings. The molecular formula is C28H34FN5O5. The Balaban J connectivity index is 1.63. The van der Waals surface area contributed by atoms with Gasteiger partial charge in [-0.05, 0) is 56.7 Å². The number of anilines is 1. The van der Waals surface area contributed by atoms with E-state index in [9.17, 15) is 18.8 Å². The van der Waals surface area contributed by atoms with Gasteiger partial charge in [-0.15, -0.1) is 0 Å². The van der Waals surface area contributed by atoms with Crippen LogP contribution in [0, 0.1) is 11.2 Å². The third kappa shape index (κ3) is 7.79. The molecule has 4 N–H and O–H groups in total. The van der Waals surface area contributed by atoms with Crippen molar-refractivity contribution in [1.29, 1.82) is 5.41 Å². The minimum absolute atomic E-state index is 0.0118. The lowest BCUT2D eigenvalue weighted by atomic mass is 10.0. The second kappa shape index (κ2) is 12.4. The number of benzene rings is 2. The fourth-order valence-electron chi connectivity index (χ4n) is 3.93. The number of nitrogens with zero attached hydrogens (tertiary/aromatic N) is 2. The molecule has 0 unspecified atom stereocenters. The number of nitrogen functional groups attached to an aromatic ring is 1. The number of ether oxygens (including phenoxy) is 2. The van der Waals surface area contributed by atoms with Crippen molar-refractivity contribution in [3.05, 3.63) is 65.0 Å². The molecule has 0 atom stereocenters. The smallest absolute Gasteiger partial charge is 0.410 e. The molecule has 0 aliphatic carbocycles. The average molecular weight is 540 g/mol. The topological polar surface area (TPSA) is 138 Å². The lowest BCUT2D eigenvalue weighted by molar-refractivity contribution is -0.131. The molecule has 0 saturated carbocycles. The van der Waals surface area contributed by atoms with Crippen LogP contribution in [0.2, 0.25) is 0 Å². The number of nitrogens with two attached hydrogens (primary N) is 1. The molecule has 1 aliphatic heterocycles. The zero-order valence-electron chi connectivity index (χ0n) is 22.5. The van der Waals surface area contributed by atoms with E-state index >= 15 is 0 Å². The summed E-state index contributed by atoms with van der Waals surface area (Å²) in [6.07, 6.45) is 2.67. The summed E-state index contributed by atoms with van der Waals surface area (Å²) in [7, 11) is 1.36. The molecule has 2 aromatic carbocycles. The van der Waals surface area contributed by atoms with Crippen LogP contribution in [0.1, 0.15) is 42.3 Å². The maximum atomic E-state index is 13.2. The van der Waals surface area contributed by atoms with E-state index in [1.54, 1.807) is 48.8 Å². The van der Waals surface area contributed by atoms with E-state index in [1.807, 2.05) is 0 Å².